The van der Waals surface area contributed by atoms with Crippen molar-refractivity contribution in [3.63, 3.8) is 0 Å². The molecule has 0 aromatic heterocycles. The van der Waals surface area contributed by atoms with Gasteiger partial charge >= 0.3 is 0 Å². The summed E-state index contributed by atoms with van der Waals surface area (Å²) in [5, 5.41) is 2.03. The molecular weight excluding hydrogens is 288 g/mol. The fourth-order valence-electron chi connectivity index (χ4n) is 2.17. The largest absolute Gasteiger partial charge is 0.273 e. The van der Waals surface area contributed by atoms with Crippen molar-refractivity contribution in [2.75, 3.05) is 6.54 Å². The van der Waals surface area contributed by atoms with Gasteiger partial charge in [0, 0.05) is 23.0 Å². The van der Waals surface area contributed by atoms with Gasteiger partial charge in [0.1, 0.15) is 0 Å². The molecule has 0 spiro atoms. The minimum atomic E-state index is -0.187. The second-order valence-corrected chi connectivity index (χ2v) is 5.86. The molecular formula is C16H21ClN2O2. The third-order valence-electron chi connectivity index (χ3n) is 3.79. The van der Waals surface area contributed by atoms with Crippen molar-refractivity contribution in [3.8, 4) is 0 Å². The molecule has 0 bridgehead atoms. The van der Waals surface area contributed by atoms with Gasteiger partial charge in [-0.05, 0) is 43.5 Å². The number of benzene rings is 1. The lowest BCUT2D eigenvalue weighted by molar-refractivity contribution is -0.131. The summed E-state index contributed by atoms with van der Waals surface area (Å²) in [6.45, 7) is 2.58. The molecule has 1 N–H and O–H groups in total. The lowest BCUT2D eigenvalue weighted by atomic mass is 9.85. The fraction of sp³-hybridized carbons (Fsp3) is 0.500. The molecule has 0 unspecified atom stereocenters. The van der Waals surface area contributed by atoms with Gasteiger partial charge in [-0.25, -0.2) is 5.01 Å². The van der Waals surface area contributed by atoms with Gasteiger partial charge in [0.05, 0.1) is 0 Å². The topological polar surface area (TPSA) is 49.4 Å². The Balaban J connectivity index is 2.04. The Labute approximate surface area is 130 Å². The summed E-state index contributed by atoms with van der Waals surface area (Å²) in [4.78, 5) is 24.6. The Morgan fingerprint density at radius 1 is 1.29 bits per heavy atom. The maximum absolute atomic E-state index is 12.5. The maximum atomic E-state index is 12.5. The first-order chi connectivity index (χ1) is 10.1. The fourth-order valence-corrected chi connectivity index (χ4v) is 2.29. The zero-order valence-corrected chi connectivity index (χ0v) is 13.0. The van der Waals surface area contributed by atoms with E-state index in [1.807, 2.05) is 0 Å². The molecule has 0 radical (unpaired) electrons. The summed E-state index contributed by atoms with van der Waals surface area (Å²) in [6.07, 6.45) is 4.75. The zero-order chi connectivity index (χ0) is 15.2. The number of hydrazine groups is 1. The Morgan fingerprint density at radius 3 is 2.48 bits per heavy atom. The Morgan fingerprint density at radius 2 is 1.95 bits per heavy atom. The molecule has 0 saturated heterocycles. The highest BCUT2D eigenvalue weighted by molar-refractivity contribution is 6.30. The number of halogens is 1. The van der Waals surface area contributed by atoms with Crippen LogP contribution < -0.4 is 5.43 Å². The van der Waals surface area contributed by atoms with E-state index in [2.05, 4.69) is 12.3 Å². The first-order valence-corrected chi connectivity index (χ1v) is 7.87. The first-order valence-electron chi connectivity index (χ1n) is 7.49. The summed E-state index contributed by atoms with van der Waals surface area (Å²) in [7, 11) is 0. The molecule has 1 aliphatic carbocycles. The van der Waals surface area contributed by atoms with E-state index in [4.69, 9.17) is 11.6 Å². The molecule has 0 atom stereocenters. The number of nitrogens with one attached hydrogen (secondary N) is 1. The van der Waals surface area contributed by atoms with Crippen LogP contribution in [0.2, 0.25) is 5.02 Å². The molecule has 4 nitrogen and oxygen atoms in total. The van der Waals surface area contributed by atoms with Gasteiger partial charge in [-0.1, -0.05) is 31.4 Å². The number of carbonyl (C=O) groups excluding carboxylic acids is 2. The predicted octanol–water partition coefficient (Wildman–Crippen LogP) is 3.41. The Kier molecular flexibility index (Phi) is 5.62. The van der Waals surface area contributed by atoms with E-state index < -0.39 is 0 Å². The van der Waals surface area contributed by atoms with Crippen LogP contribution in [0.5, 0.6) is 0 Å². The van der Waals surface area contributed by atoms with Gasteiger partial charge in [-0.15, -0.1) is 0 Å². The van der Waals surface area contributed by atoms with Crippen LogP contribution in [0, 0.1) is 5.92 Å². The van der Waals surface area contributed by atoms with Crippen molar-refractivity contribution in [2.24, 2.45) is 5.92 Å². The molecule has 1 aliphatic rings. The Bertz CT molecular complexity index is 498. The minimum absolute atomic E-state index is 0.0420. The quantitative estimate of drug-likeness (QED) is 0.847. The highest BCUT2D eigenvalue weighted by Crippen LogP contribution is 2.26. The van der Waals surface area contributed by atoms with Crippen molar-refractivity contribution in [1.82, 2.24) is 10.4 Å². The molecule has 1 aromatic carbocycles. The molecule has 114 valence electrons. The van der Waals surface area contributed by atoms with E-state index in [1.54, 1.807) is 24.3 Å². The summed E-state index contributed by atoms with van der Waals surface area (Å²) in [6, 6.07) is 6.72. The number of amides is 2. The van der Waals surface area contributed by atoms with E-state index in [0.717, 1.165) is 32.1 Å². The lowest BCUT2D eigenvalue weighted by Gasteiger charge is -2.29. The van der Waals surface area contributed by atoms with Gasteiger partial charge in [0.25, 0.3) is 5.91 Å². The molecule has 5 heteroatoms. The molecule has 2 amide bonds. The summed E-state index contributed by atoms with van der Waals surface area (Å²) in [5.41, 5.74) is 3.31. The second kappa shape index (κ2) is 7.46. The number of unbranched alkanes of at least 4 members (excludes halogenated alkanes) is 1. The van der Waals surface area contributed by atoms with Crippen molar-refractivity contribution in [3.05, 3.63) is 34.9 Å². The van der Waals surface area contributed by atoms with E-state index in [9.17, 15) is 9.59 Å². The van der Waals surface area contributed by atoms with Crippen LogP contribution >= 0.6 is 11.6 Å². The molecule has 21 heavy (non-hydrogen) atoms. The van der Waals surface area contributed by atoms with E-state index in [1.165, 1.54) is 5.01 Å². The van der Waals surface area contributed by atoms with E-state index in [0.29, 0.717) is 17.1 Å². The van der Waals surface area contributed by atoms with Crippen LogP contribution in [0.25, 0.3) is 0 Å². The number of hydrogen-bond acceptors (Lipinski definition) is 2. The lowest BCUT2D eigenvalue weighted by Crippen LogP contribution is -2.49. The second-order valence-electron chi connectivity index (χ2n) is 5.42. The summed E-state index contributed by atoms with van der Waals surface area (Å²) >= 11 is 5.84. The third-order valence-corrected chi connectivity index (χ3v) is 4.04. The van der Waals surface area contributed by atoms with E-state index >= 15 is 0 Å². The molecule has 1 fully saturated rings. The number of nitrogens with zero attached hydrogens (tertiary/aromatic N) is 1. The van der Waals surface area contributed by atoms with Gasteiger partial charge in [0.15, 0.2) is 0 Å². The van der Waals surface area contributed by atoms with Crippen molar-refractivity contribution < 1.29 is 9.59 Å². The smallest absolute Gasteiger partial charge is 0.272 e. The zero-order valence-electron chi connectivity index (χ0n) is 12.3. The molecule has 0 heterocycles. The predicted molar refractivity (Wildman–Crippen MR) is 82.9 cm³/mol. The average molecular weight is 309 g/mol. The first kappa shape index (κ1) is 15.8. The van der Waals surface area contributed by atoms with Gasteiger partial charge in [0.2, 0.25) is 5.91 Å². The van der Waals surface area contributed by atoms with Crippen LogP contribution in [0.3, 0.4) is 0 Å². The van der Waals surface area contributed by atoms with Crippen molar-refractivity contribution in [1.29, 1.82) is 0 Å². The monoisotopic (exact) mass is 308 g/mol. The third kappa shape index (κ3) is 4.21. The standard InChI is InChI=1S/C16H21ClN2O2/c1-2-3-11-19(18-15(20)12-5-4-6-12)16(21)13-7-9-14(17)10-8-13/h7-10,12H,2-6,11H2,1H3,(H,18,20). The Hall–Kier alpha value is -1.55. The average Bonchev–Trinajstić information content (AvgIpc) is 2.41. The summed E-state index contributed by atoms with van der Waals surface area (Å²) < 4.78 is 0. The van der Waals surface area contributed by atoms with Crippen LogP contribution in [-0.4, -0.2) is 23.4 Å². The van der Waals surface area contributed by atoms with Gasteiger partial charge in [-0.3, -0.25) is 15.0 Å². The highest BCUT2D eigenvalue weighted by Gasteiger charge is 2.28. The maximum Gasteiger partial charge on any atom is 0.272 e. The van der Waals surface area contributed by atoms with Crippen LogP contribution in [-0.2, 0) is 4.79 Å². The molecule has 1 saturated carbocycles. The highest BCUT2D eigenvalue weighted by atomic mass is 35.5. The minimum Gasteiger partial charge on any atom is -0.273 e. The SMILES string of the molecule is CCCCN(NC(=O)C1CCC1)C(=O)c1ccc(Cl)cc1. The normalized spacial score (nSPS) is 14.4. The van der Waals surface area contributed by atoms with E-state index in [-0.39, 0.29) is 17.7 Å². The molecule has 1 aromatic rings. The van der Waals surface area contributed by atoms with Crippen LogP contribution in [0.15, 0.2) is 24.3 Å². The summed E-state index contributed by atoms with van der Waals surface area (Å²) in [5.74, 6) is -0.167. The number of rotatable bonds is 5. The number of hydrogen-bond donors (Lipinski definition) is 1. The molecule has 2 rings (SSSR count). The van der Waals surface area contributed by atoms with Crippen LogP contribution in [0.4, 0.5) is 0 Å². The molecule has 0 aliphatic heterocycles. The van der Waals surface area contributed by atoms with Gasteiger partial charge in [-0.2, -0.15) is 0 Å². The van der Waals surface area contributed by atoms with Gasteiger partial charge < -0.3 is 0 Å². The van der Waals surface area contributed by atoms with Crippen LogP contribution in [0.1, 0.15) is 49.4 Å². The number of carbonyl (C=O) groups is 2. The van der Waals surface area contributed by atoms with Crippen molar-refractivity contribution in [2.45, 2.75) is 39.0 Å². The van der Waals surface area contributed by atoms with Crippen molar-refractivity contribution >= 4 is 23.4 Å².